The van der Waals surface area contributed by atoms with E-state index in [-0.39, 0.29) is 5.73 Å². The van der Waals surface area contributed by atoms with Crippen molar-refractivity contribution in [3.8, 4) is 0 Å². The highest BCUT2D eigenvalue weighted by atomic mass is 28.2. The summed E-state index contributed by atoms with van der Waals surface area (Å²) in [7, 11) is -0.854. The largest absolute Gasteiger partial charge is 0.436 e. The van der Waals surface area contributed by atoms with Crippen molar-refractivity contribution in [2.24, 2.45) is 0 Å². The lowest BCUT2D eigenvalue weighted by Gasteiger charge is -2.19. The Bertz CT molecular complexity index is 61.4. The lowest BCUT2D eigenvalue weighted by molar-refractivity contribution is 0.0590. The van der Waals surface area contributed by atoms with E-state index in [0.29, 0.717) is 0 Å². The molecule has 1 unspecified atom stereocenters. The Balaban J connectivity index is 2.13. The molecule has 0 aliphatic carbocycles. The molecule has 3 heteroatoms. The molecule has 48 valence electrons. The van der Waals surface area contributed by atoms with E-state index in [1.807, 2.05) is 0 Å². The van der Waals surface area contributed by atoms with Gasteiger partial charge in [-0.2, -0.15) is 0 Å². The van der Waals surface area contributed by atoms with Crippen molar-refractivity contribution in [2.75, 3.05) is 6.61 Å². The molecule has 0 aromatic heterocycles. The van der Waals surface area contributed by atoms with Crippen molar-refractivity contribution in [1.82, 2.24) is 0 Å². The second-order valence-corrected chi connectivity index (χ2v) is 3.45. The Hall–Kier alpha value is 0.137. The zero-order valence-electron chi connectivity index (χ0n) is 4.97. The fourth-order valence-corrected chi connectivity index (χ4v) is 1.69. The standard InChI is InChI=1S/C5H12O2Si/c6-8-5-3-1-2-4-7-5/h5-6H,1-4,8H2. The van der Waals surface area contributed by atoms with Gasteiger partial charge < -0.3 is 9.53 Å². The van der Waals surface area contributed by atoms with Crippen LogP contribution in [0.3, 0.4) is 0 Å². The Morgan fingerprint density at radius 1 is 1.50 bits per heavy atom. The van der Waals surface area contributed by atoms with Gasteiger partial charge in [-0.15, -0.1) is 0 Å². The number of ether oxygens (including phenoxy) is 1. The molecule has 1 saturated heterocycles. The zero-order chi connectivity index (χ0) is 5.82. The number of hydrogen-bond acceptors (Lipinski definition) is 2. The Morgan fingerprint density at radius 3 is 2.75 bits per heavy atom. The van der Waals surface area contributed by atoms with Gasteiger partial charge in [-0.1, -0.05) is 0 Å². The van der Waals surface area contributed by atoms with Crippen LogP contribution < -0.4 is 0 Å². The highest BCUT2D eigenvalue weighted by Gasteiger charge is 2.11. The summed E-state index contributed by atoms with van der Waals surface area (Å²) in [4.78, 5) is 8.70. The monoisotopic (exact) mass is 132 g/mol. The minimum absolute atomic E-state index is 0.281. The molecule has 1 heterocycles. The van der Waals surface area contributed by atoms with Gasteiger partial charge in [0.1, 0.15) is 0 Å². The second kappa shape index (κ2) is 3.22. The van der Waals surface area contributed by atoms with E-state index in [4.69, 9.17) is 9.53 Å². The summed E-state index contributed by atoms with van der Waals surface area (Å²) in [6.07, 6.45) is 3.53. The molecule has 0 bridgehead atoms. The lowest BCUT2D eigenvalue weighted by Crippen LogP contribution is -2.24. The molecule has 1 aliphatic rings. The molecule has 1 rings (SSSR count). The van der Waals surface area contributed by atoms with Gasteiger partial charge in [0, 0.05) is 6.61 Å². The zero-order valence-corrected chi connectivity index (χ0v) is 6.38. The first-order valence-corrected chi connectivity index (χ1v) is 4.61. The van der Waals surface area contributed by atoms with Crippen molar-refractivity contribution in [3.63, 3.8) is 0 Å². The van der Waals surface area contributed by atoms with Gasteiger partial charge in [0.2, 0.25) is 0 Å². The highest BCUT2D eigenvalue weighted by molar-refractivity contribution is 6.27. The smallest absolute Gasteiger partial charge is 0.185 e. The third kappa shape index (κ3) is 1.58. The van der Waals surface area contributed by atoms with E-state index in [1.54, 1.807) is 0 Å². The van der Waals surface area contributed by atoms with Gasteiger partial charge in [-0.3, -0.25) is 0 Å². The van der Waals surface area contributed by atoms with E-state index in [2.05, 4.69) is 0 Å². The maximum Gasteiger partial charge on any atom is 0.185 e. The molecule has 2 nitrogen and oxygen atoms in total. The molecule has 1 fully saturated rings. The second-order valence-electron chi connectivity index (χ2n) is 2.17. The first kappa shape index (κ1) is 6.26. The SMILES string of the molecule is O[SiH2]C1CCCCO1. The van der Waals surface area contributed by atoms with Crippen LogP contribution in [0.5, 0.6) is 0 Å². The van der Waals surface area contributed by atoms with Crippen LogP contribution in [0.2, 0.25) is 0 Å². The molecule has 0 aromatic carbocycles. The average molecular weight is 132 g/mol. The molecule has 1 aliphatic heterocycles. The van der Waals surface area contributed by atoms with E-state index in [9.17, 15) is 0 Å². The minimum Gasteiger partial charge on any atom is -0.436 e. The highest BCUT2D eigenvalue weighted by Crippen LogP contribution is 2.10. The molecule has 0 radical (unpaired) electrons. The normalized spacial score (nSPS) is 31.9. The Morgan fingerprint density at radius 2 is 2.38 bits per heavy atom. The fraction of sp³-hybridized carbons (Fsp3) is 1.00. The van der Waals surface area contributed by atoms with Crippen molar-refractivity contribution in [3.05, 3.63) is 0 Å². The Kier molecular flexibility index (Phi) is 2.52. The molecule has 0 spiro atoms. The fourth-order valence-electron chi connectivity index (χ4n) is 0.951. The summed E-state index contributed by atoms with van der Waals surface area (Å²) in [6.45, 7) is 0.873. The van der Waals surface area contributed by atoms with E-state index in [0.717, 1.165) is 13.0 Å². The van der Waals surface area contributed by atoms with Crippen molar-refractivity contribution in [1.29, 1.82) is 0 Å². The lowest BCUT2D eigenvalue weighted by atomic mass is 10.2. The summed E-state index contributed by atoms with van der Waals surface area (Å²) in [6, 6.07) is 0. The molecule has 0 aromatic rings. The molecule has 0 amide bonds. The first-order chi connectivity index (χ1) is 3.93. The van der Waals surface area contributed by atoms with Gasteiger partial charge in [-0.05, 0) is 19.3 Å². The minimum atomic E-state index is -0.854. The molecular weight excluding hydrogens is 120 g/mol. The third-order valence-electron chi connectivity index (χ3n) is 1.48. The van der Waals surface area contributed by atoms with Crippen molar-refractivity contribution < 1.29 is 9.53 Å². The van der Waals surface area contributed by atoms with Crippen LogP contribution in [-0.4, -0.2) is 26.9 Å². The van der Waals surface area contributed by atoms with Gasteiger partial charge in [-0.25, -0.2) is 0 Å². The topological polar surface area (TPSA) is 29.5 Å². The summed E-state index contributed by atoms with van der Waals surface area (Å²) < 4.78 is 5.24. The average Bonchev–Trinajstić information content (AvgIpc) is 1.90. The predicted molar refractivity (Wildman–Crippen MR) is 34.4 cm³/mol. The molecule has 1 atom stereocenters. The van der Waals surface area contributed by atoms with E-state index >= 15 is 0 Å². The first-order valence-electron chi connectivity index (χ1n) is 3.16. The number of rotatable bonds is 1. The van der Waals surface area contributed by atoms with Crippen molar-refractivity contribution in [2.45, 2.75) is 25.0 Å². The van der Waals surface area contributed by atoms with Crippen LogP contribution in [0.1, 0.15) is 19.3 Å². The van der Waals surface area contributed by atoms with Gasteiger partial charge in [0.15, 0.2) is 9.76 Å². The van der Waals surface area contributed by atoms with Crippen LogP contribution >= 0.6 is 0 Å². The van der Waals surface area contributed by atoms with Crippen LogP contribution in [0.25, 0.3) is 0 Å². The summed E-state index contributed by atoms with van der Waals surface area (Å²) in [5.41, 5.74) is 0.281. The maximum absolute atomic E-state index is 8.70. The third-order valence-corrected chi connectivity index (χ3v) is 2.53. The molecule has 1 N–H and O–H groups in total. The summed E-state index contributed by atoms with van der Waals surface area (Å²) in [5, 5.41) is 0. The van der Waals surface area contributed by atoms with Gasteiger partial charge in [0.05, 0.1) is 5.73 Å². The van der Waals surface area contributed by atoms with Gasteiger partial charge in [0.25, 0.3) is 0 Å². The molecule has 0 saturated carbocycles. The Labute approximate surface area is 51.8 Å². The predicted octanol–water partition coefficient (Wildman–Crippen LogP) is -0.411. The van der Waals surface area contributed by atoms with Crippen LogP contribution in [0.15, 0.2) is 0 Å². The van der Waals surface area contributed by atoms with Crippen molar-refractivity contribution >= 4 is 9.76 Å². The summed E-state index contributed by atoms with van der Waals surface area (Å²) in [5.74, 6) is 0. The molecular formula is C5H12O2Si. The van der Waals surface area contributed by atoms with E-state index < -0.39 is 9.76 Å². The van der Waals surface area contributed by atoms with Crippen LogP contribution in [0, 0.1) is 0 Å². The number of hydrogen-bond donors (Lipinski definition) is 1. The quantitative estimate of drug-likeness (QED) is 0.491. The summed E-state index contributed by atoms with van der Waals surface area (Å²) >= 11 is 0. The van der Waals surface area contributed by atoms with Crippen LogP contribution in [0.4, 0.5) is 0 Å². The molecule has 8 heavy (non-hydrogen) atoms. The maximum atomic E-state index is 8.70. The van der Waals surface area contributed by atoms with Crippen LogP contribution in [-0.2, 0) is 4.74 Å². The van der Waals surface area contributed by atoms with Gasteiger partial charge >= 0.3 is 0 Å². The van der Waals surface area contributed by atoms with E-state index in [1.165, 1.54) is 12.8 Å².